The van der Waals surface area contributed by atoms with E-state index in [1.165, 1.54) is 5.56 Å². The van der Waals surface area contributed by atoms with Crippen LogP contribution in [0.25, 0.3) is 11.3 Å². The molecule has 0 saturated heterocycles. The molecule has 2 N–H and O–H groups in total. The number of para-hydroxylation sites is 1. The lowest BCUT2D eigenvalue weighted by Crippen LogP contribution is -2.00. The smallest absolute Gasteiger partial charge is 0.170 e. The highest BCUT2D eigenvalue weighted by Gasteiger charge is 2.11. The third-order valence-electron chi connectivity index (χ3n) is 3.63. The Morgan fingerprint density at radius 2 is 1.78 bits per heavy atom. The van der Waals surface area contributed by atoms with Crippen LogP contribution in [-0.4, -0.2) is 11.8 Å². The maximum Gasteiger partial charge on any atom is 0.170 e. The minimum atomic E-state index is 0.365. The molecule has 0 amide bonds. The van der Waals surface area contributed by atoms with E-state index < -0.39 is 0 Å². The SMILES string of the molecule is NCc1cc(-c2ccccc2OCCCc2ccccc2)on1. The average Bonchev–Trinajstić information content (AvgIpc) is 3.09. The summed E-state index contributed by atoms with van der Waals surface area (Å²) in [4.78, 5) is 0. The fourth-order valence-electron chi connectivity index (χ4n) is 2.43. The van der Waals surface area contributed by atoms with E-state index in [2.05, 4.69) is 29.4 Å². The largest absolute Gasteiger partial charge is 0.493 e. The van der Waals surface area contributed by atoms with Crippen molar-refractivity contribution in [2.75, 3.05) is 6.61 Å². The van der Waals surface area contributed by atoms with E-state index >= 15 is 0 Å². The number of aromatic nitrogens is 1. The Balaban J connectivity index is 1.62. The Hall–Kier alpha value is -2.59. The van der Waals surface area contributed by atoms with Crippen molar-refractivity contribution in [3.63, 3.8) is 0 Å². The van der Waals surface area contributed by atoms with E-state index in [0.717, 1.165) is 29.8 Å². The standard InChI is InChI=1S/C19H20N2O2/c20-14-16-13-19(23-21-16)17-10-4-5-11-18(17)22-12-6-9-15-7-2-1-3-8-15/h1-5,7-8,10-11,13H,6,9,12,14,20H2. The first-order chi connectivity index (χ1) is 11.4. The van der Waals surface area contributed by atoms with Crippen LogP contribution in [-0.2, 0) is 13.0 Å². The average molecular weight is 308 g/mol. The van der Waals surface area contributed by atoms with Crippen LogP contribution < -0.4 is 10.5 Å². The molecule has 0 bridgehead atoms. The van der Waals surface area contributed by atoms with Gasteiger partial charge < -0.3 is 15.0 Å². The number of ether oxygens (including phenoxy) is 1. The zero-order chi connectivity index (χ0) is 15.9. The molecule has 3 rings (SSSR count). The first kappa shape index (κ1) is 15.3. The Morgan fingerprint density at radius 1 is 1.00 bits per heavy atom. The monoisotopic (exact) mass is 308 g/mol. The minimum Gasteiger partial charge on any atom is -0.493 e. The van der Waals surface area contributed by atoms with Crippen molar-refractivity contribution in [3.8, 4) is 17.1 Å². The Bertz CT molecular complexity index is 738. The molecule has 0 fully saturated rings. The van der Waals surface area contributed by atoms with Crippen molar-refractivity contribution in [2.45, 2.75) is 19.4 Å². The van der Waals surface area contributed by atoms with Crippen LogP contribution >= 0.6 is 0 Å². The van der Waals surface area contributed by atoms with Gasteiger partial charge in [0.1, 0.15) is 5.75 Å². The van der Waals surface area contributed by atoms with Crippen LogP contribution in [0.2, 0.25) is 0 Å². The summed E-state index contributed by atoms with van der Waals surface area (Å²) in [6, 6.07) is 20.1. The number of benzene rings is 2. The number of hydrogen-bond acceptors (Lipinski definition) is 4. The summed E-state index contributed by atoms with van der Waals surface area (Å²) in [6.45, 7) is 1.02. The normalized spacial score (nSPS) is 10.7. The fraction of sp³-hybridized carbons (Fsp3) is 0.211. The van der Waals surface area contributed by atoms with Crippen molar-refractivity contribution in [1.29, 1.82) is 0 Å². The van der Waals surface area contributed by atoms with Crippen molar-refractivity contribution in [2.24, 2.45) is 5.73 Å². The second-order valence-corrected chi connectivity index (χ2v) is 5.32. The molecule has 1 heterocycles. The van der Waals surface area contributed by atoms with Crippen LogP contribution in [0.5, 0.6) is 5.75 Å². The molecule has 4 nitrogen and oxygen atoms in total. The highest BCUT2D eigenvalue weighted by Crippen LogP contribution is 2.30. The molecule has 0 unspecified atom stereocenters. The third-order valence-corrected chi connectivity index (χ3v) is 3.63. The van der Waals surface area contributed by atoms with E-state index in [4.69, 9.17) is 15.0 Å². The number of rotatable bonds is 7. The van der Waals surface area contributed by atoms with Gasteiger partial charge in [0, 0.05) is 12.6 Å². The van der Waals surface area contributed by atoms with Crippen LogP contribution in [0.3, 0.4) is 0 Å². The highest BCUT2D eigenvalue weighted by atomic mass is 16.5. The molecule has 118 valence electrons. The minimum absolute atomic E-state index is 0.365. The van der Waals surface area contributed by atoms with Crippen LogP contribution in [0, 0.1) is 0 Å². The number of aryl methyl sites for hydroxylation is 1. The zero-order valence-electron chi connectivity index (χ0n) is 12.9. The summed E-state index contributed by atoms with van der Waals surface area (Å²) in [6.07, 6.45) is 1.96. The second kappa shape index (κ2) is 7.61. The molecule has 0 aliphatic heterocycles. The van der Waals surface area contributed by atoms with Gasteiger partial charge in [-0.05, 0) is 30.5 Å². The maximum atomic E-state index is 5.94. The highest BCUT2D eigenvalue weighted by molar-refractivity contribution is 5.65. The third kappa shape index (κ3) is 3.99. The first-order valence-corrected chi connectivity index (χ1v) is 7.78. The Labute approximate surface area is 135 Å². The maximum absolute atomic E-state index is 5.94. The summed E-state index contributed by atoms with van der Waals surface area (Å²) < 4.78 is 11.3. The predicted octanol–water partition coefficient (Wildman–Crippen LogP) is 3.81. The molecular formula is C19H20N2O2. The summed E-state index contributed by atoms with van der Waals surface area (Å²) in [5.74, 6) is 1.49. The van der Waals surface area contributed by atoms with Gasteiger partial charge in [0.15, 0.2) is 5.76 Å². The molecule has 0 spiro atoms. The van der Waals surface area contributed by atoms with Gasteiger partial charge in [0.25, 0.3) is 0 Å². The van der Waals surface area contributed by atoms with Crippen LogP contribution in [0.1, 0.15) is 17.7 Å². The van der Waals surface area contributed by atoms with Crippen molar-refractivity contribution in [3.05, 3.63) is 71.9 Å². The van der Waals surface area contributed by atoms with Gasteiger partial charge in [-0.2, -0.15) is 0 Å². The Kier molecular flexibility index (Phi) is 5.06. The second-order valence-electron chi connectivity index (χ2n) is 5.32. The summed E-state index contributed by atoms with van der Waals surface area (Å²) in [5.41, 5.74) is 8.54. The van der Waals surface area contributed by atoms with Crippen molar-refractivity contribution >= 4 is 0 Å². The predicted molar refractivity (Wildman–Crippen MR) is 90.1 cm³/mol. The summed E-state index contributed by atoms with van der Waals surface area (Å²) >= 11 is 0. The molecule has 0 saturated carbocycles. The van der Waals surface area contributed by atoms with Gasteiger partial charge in [-0.1, -0.05) is 47.6 Å². The quantitative estimate of drug-likeness (QED) is 0.674. The van der Waals surface area contributed by atoms with E-state index in [1.807, 2.05) is 36.4 Å². The molecule has 4 heteroatoms. The van der Waals surface area contributed by atoms with Crippen molar-refractivity contribution in [1.82, 2.24) is 5.16 Å². The molecule has 0 aliphatic rings. The van der Waals surface area contributed by atoms with E-state index in [-0.39, 0.29) is 0 Å². The molecule has 0 aliphatic carbocycles. The lowest BCUT2D eigenvalue weighted by Gasteiger charge is -2.09. The topological polar surface area (TPSA) is 61.3 Å². The lowest BCUT2D eigenvalue weighted by atomic mass is 10.1. The van der Waals surface area contributed by atoms with E-state index in [0.29, 0.717) is 18.9 Å². The van der Waals surface area contributed by atoms with Gasteiger partial charge in [-0.15, -0.1) is 0 Å². The molecule has 3 aromatic rings. The first-order valence-electron chi connectivity index (χ1n) is 7.78. The van der Waals surface area contributed by atoms with Crippen LogP contribution in [0.15, 0.2) is 65.2 Å². The molecule has 0 atom stereocenters. The molecular weight excluding hydrogens is 288 g/mol. The van der Waals surface area contributed by atoms with E-state index in [1.54, 1.807) is 0 Å². The molecule has 1 aromatic heterocycles. The van der Waals surface area contributed by atoms with Gasteiger partial charge in [-0.3, -0.25) is 0 Å². The van der Waals surface area contributed by atoms with Crippen LogP contribution in [0.4, 0.5) is 0 Å². The van der Waals surface area contributed by atoms with Gasteiger partial charge in [0.05, 0.1) is 17.9 Å². The van der Waals surface area contributed by atoms with Gasteiger partial charge in [0.2, 0.25) is 0 Å². The van der Waals surface area contributed by atoms with Gasteiger partial charge >= 0.3 is 0 Å². The van der Waals surface area contributed by atoms with Crippen molar-refractivity contribution < 1.29 is 9.26 Å². The molecule has 2 aromatic carbocycles. The lowest BCUT2D eigenvalue weighted by molar-refractivity contribution is 0.311. The molecule has 23 heavy (non-hydrogen) atoms. The Morgan fingerprint density at radius 3 is 2.57 bits per heavy atom. The van der Waals surface area contributed by atoms with E-state index in [9.17, 15) is 0 Å². The molecule has 0 radical (unpaired) electrons. The zero-order valence-corrected chi connectivity index (χ0v) is 12.9. The number of hydrogen-bond donors (Lipinski definition) is 1. The summed E-state index contributed by atoms with van der Waals surface area (Å²) in [7, 11) is 0. The summed E-state index contributed by atoms with van der Waals surface area (Å²) in [5, 5.41) is 3.93. The number of nitrogens with zero attached hydrogens (tertiary/aromatic N) is 1. The van der Waals surface area contributed by atoms with Gasteiger partial charge in [-0.25, -0.2) is 0 Å². The fourth-order valence-corrected chi connectivity index (χ4v) is 2.43. The number of nitrogens with two attached hydrogens (primary N) is 1.